The van der Waals surface area contributed by atoms with E-state index in [1.807, 2.05) is 10.0 Å². The SMILES string of the molecule is CC(C)C1CCc2nc3scnn3c2C1. The first-order chi connectivity index (χ1) is 7.25. The molecule has 1 aliphatic carbocycles. The Bertz CT molecular complexity index is 483. The van der Waals surface area contributed by atoms with Crippen molar-refractivity contribution < 1.29 is 0 Å². The van der Waals surface area contributed by atoms with Crippen LogP contribution in [0.3, 0.4) is 0 Å². The van der Waals surface area contributed by atoms with E-state index in [1.54, 1.807) is 11.3 Å². The maximum absolute atomic E-state index is 4.63. The van der Waals surface area contributed by atoms with Crippen LogP contribution in [-0.4, -0.2) is 14.6 Å². The molecule has 1 atom stereocenters. The molecule has 0 spiro atoms. The third kappa shape index (κ3) is 1.39. The summed E-state index contributed by atoms with van der Waals surface area (Å²) in [5.41, 5.74) is 4.52. The molecule has 0 fully saturated rings. The number of imidazole rings is 1. The van der Waals surface area contributed by atoms with E-state index in [2.05, 4.69) is 23.9 Å². The molecule has 0 saturated carbocycles. The van der Waals surface area contributed by atoms with Gasteiger partial charge in [0.15, 0.2) is 0 Å². The van der Waals surface area contributed by atoms with Crippen molar-refractivity contribution in [1.82, 2.24) is 14.6 Å². The van der Waals surface area contributed by atoms with Gasteiger partial charge in [-0.2, -0.15) is 5.10 Å². The Labute approximate surface area is 93.1 Å². The van der Waals surface area contributed by atoms with Crippen molar-refractivity contribution in [3.8, 4) is 0 Å². The molecule has 2 heterocycles. The quantitative estimate of drug-likeness (QED) is 0.741. The van der Waals surface area contributed by atoms with Gasteiger partial charge in [-0.15, -0.1) is 0 Å². The topological polar surface area (TPSA) is 30.2 Å². The van der Waals surface area contributed by atoms with Gasteiger partial charge in [0.2, 0.25) is 4.96 Å². The number of hydrogen-bond acceptors (Lipinski definition) is 3. The largest absolute Gasteiger partial charge is 0.222 e. The second kappa shape index (κ2) is 3.30. The summed E-state index contributed by atoms with van der Waals surface area (Å²) in [4.78, 5) is 5.69. The van der Waals surface area contributed by atoms with E-state index in [0.717, 1.165) is 29.6 Å². The molecule has 0 aromatic carbocycles. The van der Waals surface area contributed by atoms with Crippen LogP contribution in [0.25, 0.3) is 4.96 Å². The van der Waals surface area contributed by atoms with E-state index in [4.69, 9.17) is 0 Å². The summed E-state index contributed by atoms with van der Waals surface area (Å²) in [6.45, 7) is 4.63. The molecule has 0 amide bonds. The van der Waals surface area contributed by atoms with E-state index in [-0.39, 0.29) is 0 Å². The smallest absolute Gasteiger partial charge is 0.212 e. The van der Waals surface area contributed by atoms with Gasteiger partial charge in [0.1, 0.15) is 5.51 Å². The molecule has 2 aromatic rings. The second-order valence-corrected chi connectivity index (χ2v) is 5.50. The van der Waals surface area contributed by atoms with Gasteiger partial charge in [0.05, 0.1) is 11.4 Å². The predicted molar refractivity (Wildman–Crippen MR) is 61.2 cm³/mol. The highest BCUT2D eigenvalue weighted by Crippen LogP contribution is 2.30. The predicted octanol–water partition coefficient (Wildman–Crippen LogP) is 2.55. The maximum atomic E-state index is 4.63. The Morgan fingerprint density at radius 3 is 3.20 bits per heavy atom. The van der Waals surface area contributed by atoms with E-state index in [1.165, 1.54) is 17.8 Å². The zero-order valence-electron chi connectivity index (χ0n) is 9.10. The van der Waals surface area contributed by atoms with Crippen molar-refractivity contribution in [3.63, 3.8) is 0 Å². The lowest BCUT2D eigenvalue weighted by atomic mass is 9.82. The lowest BCUT2D eigenvalue weighted by Crippen LogP contribution is -2.20. The molecule has 0 radical (unpaired) electrons. The molecule has 15 heavy (non-hydrogen) atoms. The van der Waals surface area contributed by atoms with E-state index < -0.39 is 0 Å². The highest BCUT2D eigenvalue weighted by molar-refractivity contribution is 7.14. The lowest BCUT2D eigenvalue weighted by molar-refractivity contribution is 0.336. The van der Waals surface area contributed by atoms with Gasteiger partial charge in [0, 0.05) is 0 Å². The maximum Gasteiger partial charge on any atom is 0.212 e. The van der Waals surface area contributed by atoms with Crippen molar-refractivity contribution in [3.05, 3.63) is 16.9 Å². The molecule has 3 rings (SSSR count). The van der Waals surface area contributed by atoms with Crippen LogP contribution in [0.4, 0.5) is 0 Å². The Hall–Kier alpha value is -0.900. The number of aromatic nitrogens is 3. The van der Waals surface area contributed by atoms with Crippen LogP contribution in [0.5, 0.6) is 0 Å². The third-order valence-electron chi connectivity index (χ3n) is 3.47. The zero-order chi connectivity index (χ0) is 10.4. The Kier molecular flexibility index (Phi) is 2.06. The number of nitrogens with zero attached hydrogens (tertiary/aromatic N) is 3. The summed E-state index contributed by atoms with van der Waals surface area (Å²) < 4.78 is 2.04. The first kappa shape index (κ1) is 9.33. The van der Waals surface area contributed by atoms with Crippen LogP contribution in [0, 0.1) is 11.8 Å². The number of aryl methyl sites for hydroxylation is 1. The van der Waals surface area contributed by atoms with Crippen molar-refractivity contribution in [2.45, 2.75) is 33.1 Å². The summed E-state index contributed by atoms with van der Waals surface area (Å²) >= 11 is 1.63. The minimum Gasteiger partial charge on any atom is -0.222 e. The minimum atomic E-state index is 0.766. The molecular formula is C11H15N3S. The molecule has 80 valence electrons. The van der Waals surface area contributed by atoms with Crippen LogP contribution < -0.4 is 0 Å². The van der Waals surface area contributed by atoms with Gasteiger partial charge in [0.25, 0.3) is 0 Å². The van der Waals surface area contributed by atoms with Gasteiger partial charge >= 0.3 is 0 Å². The highest BCUT2D eigenvalue weighted by Gasteiger charge is 2.25. The number of hydrogen-bond donors (Lipinski definition) is 0. The Morgan fingerprint density at radius 1 is 1.53 bits per heavy atom. The monoisotopic (exact) mass is 221 g/mol. The Balaban J connectivity index is 2.05. The van der Waals surface area contributed by atoms with Crippen molar-refractivity contribution in [1.29, 1.82) is 0 Å². The Morgan fingerprint density at radius 2 is 2.40 bits per heavy atom. The van der Waals surface area contributed by atoms with Crippen molar-refractivity contribution >= 4 is 16.3 Å². The fraction of sp³-hybridized carbons (Fsp3) is 0.636. The summed E-state index contributed by atoms with van der Waals surface area (Å²) in [5, 5.41) is 4.36. The average Bonchev–Trinajstić information content (AvgIpc) is 2.75. The van der Waals surface area contributed by atoms with Gasteiger partial charge in [-0.3, -0.25) is 0 Å². The van der Waals surface area contributed by atoms with Gasteiger partial charge in [-0.1, -0.05) is 25.2 Å². The standard InChI is InChI=1S/C11H15N3S/c1-7(2)8-3-4-9-10(5-8)14-11(13-9)15-6-12-14/h6-8H,3-5H2,1-2H3. The van der Waals surface area contributed by atoms with Crippen LogP contribution in [-0.2, 0) is 12.8 Å². The highest BCUT2D eigenvalue weighted by atomic mass is 32.1. The molecule has 3 nitrogen and oxygen atoms in total. The summed E-state index contributed by atoms with van der Waals surface area (Å²) in [7, 11) is 0. The molecule has 1 aliphatic rings. The molecule has 0 saturated heterocycles. The second-order valence-electron chi connectivity index (χ2n) is 4.69. The molecule has 0 aliphatic heterocycles. The number of fused-ring (bicyclic) bond motifs is 3. The molecule has 4 heteroatoms. The first-order valence-electron chi connectivity index (χ1n) is 5.55. The fourth-order valence-corrected chi connectivity index (χ4v) is 3.08. The van der Waals surface area contributed by atoms with Crippen molar-refractivity contribution in [2.75, 3.05) is 0 Å². The van der Waals surface area contributed by atoms with Crippen LogP contribution in [0.15, 0.2) is 5.51 Å². The van der Waals surface area contributed by atoms with Crippen LogP contribution in [0.1, 0.15) is 31.7 Å². The molecule has 0 bridgehead atoms. The summed E-state index contributed by atoms with van der Waals surface area (Å²) in [6, 6.07) is 0. The first-order valence-corrected chi connectivity index (χ1v) is 6.43. The number of rotatable bonds is 1. The van der Waals surface area contributed by atoms with E-state index in [9.17, 15) is 0 Å². The van der Waals surface area contributed by atoms with Gasteiger partial charge < -0.3 is 0 Å². The van der Waals surface area contributed by atoms with Crippen LogP contribution >= 0.6 is 11.3 Å². The minimum absolute atomic E-state index is 0.766. The van der Waals surface area contributed by atoms with Gasteiger partial charge in [-0.25, -0.2) is 9.50 Å². The molecule has 2 aromatic heterocycles. The third-order valence-corrected chi connectivity index (χ3v) is 4.15. The molecule has 0 N–H and O–H groups in total. The van der Waals surface area contributed by atoms with Crippen molar-refractivity contribution in [2.24, 2.45) is 11.8 Å². The van der Waals surface area contributed by atoms with E-state index in [0.29, 0.717) is 0 Å². The summed E-state index contributed by atoms with van der Waals surface area (Å²) in [5.74, 6) is 1.57. The van der Waals surface area contributed by atoms with E-state index >= 15 is 0 Å². The van der Waals surface area contributed by atoms with Crippen LogP contribution in [0.2, 0.25) is 0 Å². The average molecular weight is 221 g/mol. The fourth-order valence-electron chi connectivity index (χ4n) is 2.42. The van der Waals surface area contributed by atoms with Gasteiger partial charge in [-0.05, 0) is 31.1 Å². The zero-order valence-corrected chi connectivity index (χ0v) is 9.92. The lowest BCUT2D eigenvalue weighted by Gasteiger charge is -2.24. The summed E-state index contributed by atoms with van der Waals surface area (Å²) in [6.07, 6.45) is 3.57. The normalized spacial score (nSPS) is 21.1. The molecular weight excluding hydrogens is 206 g/mol. The molecule has 1 unspecified atom stereocenters.